The Kier molecular flexibility index (Phi) is 5.29. The molecule has 32 heavy (non-hydrogen) atoms. The number of hydrogen-bond acceptors (Lipinski definition) is 2. The number of carbonyl (C=O) groups is 1. The number of aliphatic carboxylic acids is 1. The number of carboxylic acids is 1. The number of carboxylic acid groups (broad SMARTS) is 1. The van der Waals surface area contributed by atoms with Crippen LogP contribution in [0.15, 0.2) is 42.5 Å². The van der Waals surface area contributed by atoms with Crippen LogP contribution in [0.1, 0.15) is 50.5 Å². The molecule has 0 bridgehead atoms. The van der Waals surface area contributed by atoms with Crippen molar-refractivity contribution in [3.05, 3.63) is 76.5 Å². The molecule has 2 N–H and O–H groups in total. The van der Waals surface area contributed by atoms with Crippen molar-refractivity contribution in [1.29, 1.82) is 0 Å². The van der Waals surface area contributed by atoms with Gasteiger partial charge >= 0.3 is 5.97 Å². The average molecular weight is 443 g/mol. The summed E-state index contributed by atoms with van der Waals surface area (Å²) in [6.45, 7) is 4.34. The molecule has 1 aliphatic rings. The molecular formula is C25H25F3N2O2. The van der Waals surface area contributed by atoms with E-state index in [2.05, 4.69) is 4.98 Å². The SMILES string of the molecule is [2H]C1(c2c(F)cc(/C=C/C(=O)O)cc2F)c2[nH]c3ccccc3c2C[C@@H](C)N1CC(C)(C)F. The van der Waals surface area contributed by atoms with E-state index in [9.17, 15) is 10.6 Å². The number of rotatable bonds is 5. The second-order valence-electron chi connectivity index (χ2n) is 8.80. The highest BCUT2D eigenvalue weighted by Crippen LogP contribution is 2.43. The lowest BCUT2D eigenvalue weighted by Gasteiger charge is -2.43. The molecule has 4 nitrogen and oxygen atoms in total. The van der Waals surface area contributed by atoms with Crippen LogP contribution in [0.3, 0.4) is 0 Å². The molecule has 7 heteroatoms. The van der Waals surface area contributed by atoms with Crippen LogP contribution in [0, 0.1) is 11.6 Å². The number of alkyl halides is 1. The van der Waals surface area contributed by atoms with Gasteiger partial charge in [0.25, 0.3) is 0 Å². The second kappa shape index (κ2) is 8.13. The van der Waals surface area contributed by atoms with E-state index in [1.165, 1.54) is 18.7 Å². The molecule has 0 saturated heterocycles. The predicted molar refractivity (Wildman–Crippen MR) is 118 cm³/mol. The Morgan fingerprint density at radius 2 is 1.97 bits per heavy atom. The third-order valence-electron chi connectivity index (χ3n) is 5.64. The highest BCUT2D eigenvalue weighted by molar-refractivity contribution is 5.86. The zero-order valence-corrected chi connectivity index (χ0v) is 18.0. The first-order valence-electron chi connectivity index (χ1n) is 10.9. The number of H-pyrrole nitrogens is 1. The minimum Gasteiger partial charge on any atom is -0.478 e. The molecule has 4 rings (SSSR count). The maximum atomic E-state index is 15.5. The van der Waals surface area contributed by atoms with Gasteiger partial charge in [0.2, 0.25) is 0 Å². The van der Waals surface area contributed by atoms with Gasteiger partial charge in [-0.25, -0.2) is 18.0 Å². The van der Waals surface area contributed by atoms with E-state index >= 15 is 8.78 Å². The number of aromatic nitrogens is 1. The first-order chi connectivity index (χ1) is 15.4. The third-order valence-corrected chi connectivity index (χ3v) is 5.64. The van der Waals surface area contributed by atoms with Crippen molar-refractivity contribution >= 4 is 22.9 Å². The van der Waals surface area contributed by atoms with E-state index in [-0.39, 0.29) is 18.2 Å². The number of benzene rings is 2. The highest BCUT2D eigenvalue weighted by Gasteiger charge is 2.40. The van der Waals surface area contributed by atoms with Crippen LogP contribution < -0.4 is 0 Å². The van der Waals surface area contributed by atoms with E-state index in [1.54, 1.807) is 0 Å². The molecule has 2 aromatic carbocycles. The number of para-hydroxylation sites is 1. The summed E-state index contributed by atoms with van der Waals surface area (Å²) in [5, 5.41) is 9.67. The largest absolute Gasteiger partial charge is 0.478 e. The zero-order valence-electron chi connectivity index (χ0n) is 19.0. The fourth-order valence-electron chi connectivity index (χ4n) is 4.38. The summed E-state index contributed by atoms with van der Waals surface area (Å²) in [6.07, 6.45) is 2.34. The minimum absolute atomic E-state index is 0.0119. The first kappa shape index (κ1) is 20.8. The maximum absolute atomic E-state index is 15.5. The normalized spacial score (nSPS) is 22.3. The first-order valence-corrected chi connectivity index (χ1v) is 10.4. The van der Waals surface area contributed by atoms with Crippen molar-refractivity contribution in [2.24, 2.45) is 0 Å². The van der Waals surface area contributed by atoms with Gasteiger partial charge in [0.15, 0.2) is 0 Å². The van der Waals surface area contributed by atoms with Gasteiger partial charge in [0.1, 0.15) is 17.3 Å². The molecule has 168 valence electrons. The lowest BCUT2D eigenvalue weighted by molar-refractivity contribution is -0.131. The fourth-order valence-corrected chi connectivity index (χ4v) is 4.38. The standard InChI is InChI=1S/C25H25F3N2O2/c1-14-10-17-16-6-4-5-7-20(16)29-23(17)24(30(14)13-25(2,3)28)22-18(26)11-15(12-19(22)27)8-9-21(31)32/h4-9,11-12,14,24,29H,10,13H2,1-3H3,(H,31,32)/b9-8+/t14-,24?/m1/s1/i24D. The van der Waals surface area contributed by atoms with Gasteiger partial charge < -0.3 is 10.1 Å². The number of halogens is 3. The van der Waals surface area contributed by atoms with Crippen molar-refractivity contribution in [3.63, 3.8) is 0 Å². The smallest absolute Gasteiger partial charge is 0.328 e. The van der Waals surface area contributed by atoms with Crippen molar-refractivity contribution < 1.29 is 24.4 Å². The molecule has 2 heterocycles. The highest BCUT2D eigenvalue weighted by atomic mass is 19.1. The van der Waals surface area contributed by atoms with Crippen LogP contribution in [0.5, 0.6) is 0 Å². The molecule has 2 atom stereocenters. The quantitative estimate of drug-likeness (QED) is 0.503. The topological polar surface area (TPSA) is 56.3 Å². The summed E-state index contributed by atoms with van der Waals surface area (Å²) in [5.74, 6) is -3.26. The molecule has 1 aromatic heterocycles. The van der Waals surface area contributed by atoms with Crippen molar-refractivity contribution in [1.82, 2.24) is 9.88 Å². The van der Waals surface area contributed by atoms with Gasteiger partial charge in [0, 0.05) is 40.8 Å². The Hall–Kier alpha value is -3.06. The Labute approximate surface area is 185 Å². The molecule has 1 aliphatic heterocycles. The van der Waals surface area contributed by atoms with Gasteiger partial charge in [-0.05, 0) is 62.6 Å². The van der Waals surface area contributed by atoms with E-state index in [0.29, 0.717) is 12.1 Å². The van der Waals surface area contributed by atoms with E-state index in [0.717, 1.165) is 40.8 Å². The summed E-state index contributed by atoms with van der Waals surface area (Å²) in [4.78, 5) is 15.5. The Morgan fingerprint density at radius 3 is 2.59 bits per heavy atom. The summed E-state index contributed by atoms with van der Waals surface area (Å²) in [6, 6.07) is 6.94. The molecule has 0 fully saturated rings. The number of fused-ring (bicyclic) bond motifs is 3. The monoisotopic (exact) mass is 443 g/mol. The van der Waals surface area contributed by atoms with Crippen LogP contribution in [0.25, 0.3) is 17.0 Å². The Morgan fingerprint density at radius 1 is 1.31 bits per heavy atom. The lowest BCUT2D eigenvalue weighted by Crippen LogP contribution is -2.48. The summed E-state index contributed by atoms with van der Waals surface area (Å²) >= 11 is 0. The summed E-state index contributed by atoms with van der Waals surface area (Å²) < 4.78 is 55.3. The summed E-state index contributed by atoms with van der Waals surface area (Å²) in [7, 11) is 0. The van der Waals surface area contributed by atoms with E-state index in [1.807, 2.05) is 31.2 Å². The van der Waals surface area contributed by atoms with Crippen LogP contribution in [-0.2, 0) is 11.2 Å². The van der Waals surface area contributed by atoms with Gasteiger partial charge in [0.05, 0.1) is 7.39 Å². The molecule has 1 unspecified atom stereocenters. The van der Waals surface area contributed by atoms with Gasteiger partial charge in [-0.2, -0.15) is 0 Å². The zero-order chi connectivity index (χ0) is 24.1. The molecule has 0 aliphatic carbocycles. The van der Waals surface area contributed by atoms with E-state index in [4.69, 9.17) is 5.11 Å². The molecule has 0 amide bonds. The van der Waals surface area contributed by atoms with Crippen LogP contribution >= 0.6 is 0 Å². The van der Waals surface area contributed by atoms with Crippen molar-refractivity contribution in [2.45, 2.75) is 44.9 Å². The van der Waals surface area contributed by atoms with Crippen LogP contribution in [0.2, 0.25) is 0 Å². The molecular weight excluding hydrogens is 417 g/mol. The number of nitrogens with zero attached hydrogens (tertiary/aromatic N) is 1. The van der Waals surface area contributed by atoms with Crippen LogP contribution in [0.4, 0.5) is 13.2 Å². The predicted octanol–water partition coefficient (Wildman–Crippen LogP) is 5.63. The average Bonchev–Trinajstić information content (AvgIpc) is 3.08. The number of nitrogens with one attached hydrogen (secondary N) is 1. The Balaban J connectivity index is 1.99. The second-order valence-corrected chi connectivity index (χ2v) is 8.80. The van der Waals surface area contributed by atoms with E-state index < -0.39 is 34.9 Å². The molecule has 3 aromatic rings. The van der Waals surface area contributed by atoms with Gasteiger partial charge in [-0.1, -0.05) is 18.2 Å². The van der Waals surface area contributed by atoms with Gasteiger partial charge in [-0.15, -0.1) is 0 Å². The lowest BCUT2D eigenvalue weighted by atomic mass is 9.87. The fraction of sp³-hybridized carbons (Fsp3) is 0.320. The maximum Gasteiger partial charge on any atom is 0.328 e. The number of hydrogen-bond donors (Lipinski definition) is 2. The molecule has 0 spiro atoms. The molecule has 0 saturated carbocycles. The number of aromatic amines is 1. The molecule has 0 radical (unpaired) electrons. The van der Waals surface area contributed by atoms with Gasteiger partial charge in [-0.3, -0.25) is 4.90 Å². The van der Waals surface area contributed by atoms with Crippen molar-refractivity contribution in [3.8, 4) is 0 Å². The van der Waals surface area contributed by atoms with Crippen molar-refractivity contribution in [2.75, 3.05) is 6.54 Å². The Bertz CT molecular complexity index is 1240. The summed E-state index contributed by atoms with van der Waals surface area (Å²) in [5.41, 5.74) is -0.431. The van der Waals surface area contributed by atoms with Crippen LogP contribution in [-0.4, -0.2) is 39.2 Å². The third kappa shape index (κ3) is 4.17. The minimum atomic E-state index is -2.07.